The normalized spacial score (nSPS) is 22.7. The van der Waals surface area contributed by atoms with Crippen LogP contribution in [0.2, 0.25) is 0 Å². The quantitative estimate of drug-likeness (QED) is 0.562. The van der Waals surface area contributed by atoms with Crippen molar-refractivity contribution in [1.82, 2.24) is 9.88 Å². The molecule has 0 radical (unpaired) electrons. The predicted molar refractivity (Wildman–Crippen MR) is 133 cm³/mol. The Balaban J connectivity index is 1.53. The van der Waals surface area contributed by atoms with Crippen molar-refractivity contribution in [2.75, 3.05) is 18.9 Å². The fourth-order valence-corrected chi connectivity index (χ4v) is 6.11. The summed E-state index contributed by atoms with van der Waals surface area (Å²) in [6.45, 7) is 3.91. The van der Waals surface area contributed by atoms with Crippen molar-refractivity contribution in [3.8, 4) is 0 Å². The van der Waals surface area contributed by atoms with Crippen LogP contribution >= 0.6 is 0 Å². The summed E-state index contributed by atoms with van der Waals surface area (Å²) in [5, 5.41) is 3.05. The number of carbonyl (C=O) groups is 1. The second-order valence-electron chi connectivity index (χ2n) is 9.92. The molecule has 3 aromatic rings. The van der Waals surface area contributed by atoms with Gasteiger partial charge in [0.05, 0.1) is 11.4 Å². The highest BCUT2D eigenvalue weighted by Gasteiger charge is 2.45. The SMILES string of the molecule is Cc1ncccc1NC(=O)c1ccc2c(c1)CN(C)CC1CCCCC21Cc1ccccc1. The summed E-state index contributed by atoms with van der Waals surface area (Å²) < 4.78 is 0. The average Bonchev–Trinajstić information content (AvgIpc) is 2.94. The van der Waals surface area contributed by atoms with Crippen molar-refractivity contribution in [3.05, 3.63) is 94.8 Å². The van der Waals surface area contributed by atoms with Gasteiger partial charge in [0.2, 0.25) is 0 Å². The number of hydrogen-bond donors (Lipinski definition) is 1. The molecule has 2 unspecified atom stereocenters. The van der Waals surface area contributed by atoms with Crippen molar-refractivity contribution >= 4 is 11.6 Å². The van der Waals surface area contributed by atoms with Crippen LogP contribution in [0, 0.1) is 12.8 Å². The third-order valence-electron chi connectivity index (χ3n) is 7.70. The summed E-state index contributed by atoms with van der Waals surface area (Å²) in [7, 11) is 2.22. The summed E-state index contributed by atoms with van der Waals surface area (Å²) in [5.41, 5.74) is 6.61. The van der Waals surface area contributed by atoms with Gasteiger partial charge in [-0.3, -0.25) is 9.78 Å². The molecule has 2 heterocycles. The summed E-state index contributed by atoms with van der Waals surface area (Å²) in [6, 6.07) is 21.1. The van der Waals surface area contributed by atoms with Crippen LogP contribution in [-0.4, -0.2) is 29.4 Å². The summed E-state index contributed by atoms with van der Waals surface area (Å²) in [6.07, 6.45) is 7.90. The van der Waals surface area contributed by atoms with Gasteiger partial charge in [-0.2, -0.15) is 0 Å². The lowest BCUT2D eigenvalue weighted by atomic mass is 9.59. The molecule has 0 bridgehead atoms. The van der Waals surface area contributed by atoms with Crippen molar-refractivity contribution in [3.63, 3.8) is 0 Å². The molecule has 1 N–H and O–H groups in total. The molecule has 4 nitrogen and oxygen atoms in total. The van der Waals surface area contributed by atoms with Gasteiger partial charge in [-0.05, 0) is 80.1 Å². The number of nitrogens with zero attached hydrogens (tertiary/aromatic N) is 2. The number of benzene rings is 2. The molecule has 5 rings (SSSR count). The maximum absolute atomic E-state index is 13.1. The lowest BCUT2D eigenvalue weighted by molar-refractivity contribution is 0.102. The van der Waals surface area contributed by atoms with E-state index in [0.717, 1.165) is 36.5 Å². The van der Waals surface area contributed by atoms with E-state index >= 15 is 0 Å². The van der Waals surface area contributed by atoms with Gasteiger partial charge in [-0.15, -0.1) is 0 Å². The maximum atomic E-state index is 13.1. The second-order valence-corrected chi connectivity index (χ2v) is 9.92. The van der Waals surface area contributed by atoms with Gasteiger partial charge in [0.15, 0.2) is 0 Å². The van der Waals surface area contributed by atoms with E-state index in [9.17, 15) is 4.79 Å². The van der Waals surface area contributed by atoms with E-state index in [1.807, 2.05) is 25.1 Å². The second kappa shape index (κ2) is 9.11. The van der Waals surface area contributed by atoms with E-state index in [4.69, 9.17) is 0 Å². The molecule has 2 atom stereocenters. The van der Waals surface area contributed by atoms with Crippen LogP contribution in [0.3, 0.4) is 0 Å². The highest BCUT2D eigenvalue weighted by Crippen LogP contribution is 2.49. The molecule has 1 aliphatic heterocycles. The number of pyridine rings is 1. The van der Waals surface area contributed by atoms with E-state index in [0.29, 0.717) is 5.92 Å². The molecule has 4 heteroatoms. The molecular formula is C29H33N3O. The molecule has 1 amide bonds. The monoisotopic (exact) mass is 439 g/mol. The zero-order valence-electron chi connectivity index (χ0n) is 19.7. The van der Waals surface area contributed by atoms with E-state index in [1.165, 1.54) is 42.4 Å². The molecule has 33 heavy (non-hydrogen) atoms. The first-order valence-corrected chi connectivity index (χ1v) is 12.1. The first-order valence-electron chi connectivity index (χ1n) is 12.1. The standard InChI is InChI=1S/C29H33N3O/c1-21-27(12-8-16-30-21)31-28(33)23-13-14-26-24(17-23)19-32(2)20-25-11-6-7-15-29(25,26)18-22-9-4-3-5-10-22/h3-5,8-10,12-14,16-17,25H,6-7,11,15,18-20H2,1-2H3,(H,31,33). The molecular weight excluding hydrogens is 406 g/mol. The van der Waals surface area contributed by atoms with Crippen LogP contribution < -0.4 is 5.32 Å². The highest BCUT2D eigenvalue weighted by molar-refractivity contribution is 6.04. The van der Waals surface area contributed by atoms with Crippen LogP contribution in [0.5, 0.6) is 0 Å². The lowest BCUT2D eigenvalue weighted by Crippen LogP contribution is -2.43. The Hall–Kier alpha value is -2.98. The Kier molecular flexibility index (Phi) is 6.03. The molecule has 2 aromatic carbocycles. The molecule has 170 valence electrons. The Bertz CT molecular complexity index is 1140. The number of rotatable bonds is 4. The minimum Gasteiger partial charge on any atom is -0.320 e. The zero-order valence-corrected chi connectivity index (χ0v) is 19.7. The smallest absolute Gasteiger partial charge is 0.255 e. The van der Waals surface area contributed by atoms with Gasteiger partial charge in [-0.25, -0.2) is 0 Å². The van der Waals surface area contributed by atoms with Gasteiger partial charge in [0.25, 0.3) is 5.91 Å². The first kappa shape index (κ1) is 21.8. The topological polar surface area (TPSA) is 45.2 Å². The largest absolute Gasteiger partial charge is 0.320 e. The third-order valence-corrected chi connectivity index (χ3v) is 7.70. The zero-order chi connectivity index (χ0) is 22.8. The molecule has 2 aliphatic rings. The van der Waals surface area contributed by atoms with Crippen LogP contribution in [0.4, 0.5) is 5.69 Å². The number of amides is 1. The highest BCUT2D eigenvalue weighted by atomic mass is 16.1. The minimum atomic E-state index is -0.0712. The van der Waals surface area contributed by atoms with Gasteiger partial charge < -0.3 is 10.2 Å². The summed E-state index contributed by atoms with van der Waals surface area (Å²) in [5.74, 6) is 0.563. The molecule has 1 fully saturated rings. The molecule has 1 aliphatic carbocycles. The number of carbonyl (C=O) groups excluding carboxylic acids is 1. The van der Waals surface area contributed by atoms with Crippen molar-refractivity contribution < 1.29 is 4.79 Å². The van der Waals surface area contributed by atoms with E-state index in [2.05, 4.69) is 64.7 Å². The molecule has 1 saturated carbocycles. The van der Waals surface area contributed by atoms with Crippen molar-refractivity contribution in [1.29, 1.82) is 0 Å². The van der Waals surface area contributed by atoms with E-state index in [-0.39, 0.29) is 11.3 Å². The van der Waals surface area contributed by atoms with E-state index in [1.54, 1.807) is 6.20 Å². The Morgan fingerprint density at radius 1 is 1.12 bits per heavy atom. The van der Waals surface area contributed by atoms with Crippen molar-refractivity contribution in [2.45, 2.75) is 51.0 Å². The van der Waals surface area contributed by atoms with Crippen LogP contribution in [0.1, 0.15) is 58.4 Å². The fraction of sp³-hybridized carbons (Fsp3) is 0.379. The Morgan fingerprint density at radius 2 is 1.97 bits per heavy atom. The van der Waals surface area contributed by atoms with Crippen LogP contribution in [-0.2, 0) is 18.4 Å². The number of hydrogen-bond acceptors (Lipinski definition) is 3. The van der Waals surface area contributed by atoms with Crippen LogP contribution in [0.25, 0.3) is 0 Å². The number of anilines is 1. The molecule has 0 spiro atoms. The van der Waals surface area contributed by atoms with Crippen molar-refractivity contribution in [2.24, 2.45) is 5.92 Å². The number of fused-ring (bicyclic) bond motifs is 3. The summed E-state index contributed by atoms with van der Waals surface area (Å²) in [4.78, 5) is 19.9. The van der Waals surface area contributed by atoms with Gasteiger partial charge >= 0.3 is 0 Å². The van der Waals surface area contributed by atoms with Crippen LogP contribution in [0.15, 0.2) is 66.9 Å². The fourth-order valence-electron chi connectivity index (χ4n) is 6.11. The van der Waals surface area contributed by atoms with Gasteiger partial charge in [-0.1, -0.05) is 49.2 Å². The molecule has 1 aromatic heterocycles. The van der Waals surface area contributed by atoms with E-state index < -0.39 is 0 Å². The number of aryl methyl sites for hydroxylation is 1. The summed E-state index contributed by atoms with van der Waals surface area (Å²) >= 11 is 0. The number of nitrogens with one attached hydrogen (secondary N) is 1. The first-order chi connectivity index (χ1) is 16.0. The third kappa shape index (κ3) is 4.32. The lowest BCUT2D eigenvalue weighted by Gasteiger charge is -2.45. The Morgan fingerprint density at radius 3 is 2.79 bits per heavy atom. The number of aromatic nitrogens is 1. The predicted octanol–water partition coefficient (Wildman–Crippen LogP) is 5.76. The average molecular weight is 440 g/mol. The molecule has 0 saturated heterocycles. The maximum Gasteiger partial charge on any atom is 0.255 e. The minimum absolute atomic E-state index is 0.0712. The van der Waals surface area contributed by atoms with Gasteiger partial charge in [0, 0.05) is 30.3 Å². The Labute approximate surface area is 197 Å². The van der Waals surface area contributed by atoms with Gasteiger partial charge in [0.1, 0.15) is 0 Å².